The number of aliphatic imine (C=N–C) groups is 1. The van der Waals surface area contributed by atoms with Crippen molar-refractivity contribution < 1.29 is 19.4 Å². The van der Waals surface area contributed by atoms with Gasteiger partial charge < -0.3 is 30.9 Å². The largest absolute Gasteiger partial charge is 0.484 e. The van der Waals surface area contributed by atoms with Crippen molar-refractivity contribution in [1.82, 2.24) is 15.5 Å². The highest BCUT2D eigenvalue weighted by molar-refractivity contribution is 14.0. The Morgan fingerprint density at radius 1 is 1.37 bits per heavy atom. The predicted octanol–water partition coefficient (Wildman–Crippen LogP) is 0.307. The van der Waals surface area contributed by atoms with Crippen molar-refractivity contribution in [3.05, 3.63) is 29.8 Å². The highest BCUT2D eigenvalue weighted by atomic mass is 127. The number of hydrogen-bond acceptors (Lipinski definition) is 6. The number of halogens is 1. The highest BCUT2D eigenvalue weighted by Gasteiger charge is 2.25. The Labute approximate surface area is 195 Å². The summed E-state index contributed by atoms with van der Waals surface area (Å²) in [6.07, 6.45) is 0. The zero-order valence-electron chi connectivity index (χ0n) is 17.7. The molecule has 1 heterocycles. The number of nitrogens with zero attached hydrogens (tertiary/aromatic N) is 2. The molecule has 1 aromatic carbocycles. The number of carbonyl (C=O) groups is 1. The van der Waals surface area contributed by atoms with Crippen LogP contribution in [0.4, 0.5) is 0 Å². The summed E-state index contributed by atoms with van der Waals surface area (Å²) in [7, 11) is 0. The second-order valence-electron chi connectivity index (χ2n) is 7.34. The van der Waals surface area contributed by atoms with Gasteiger partial charge in [-0.25, -0.2) is 4.99 Å². The van der Waals surface area contributed by atoms with Crippen LogP contribution in [-0.4, -0.2) is 80.0 Å². The fourth-order valence-corrected chi connectivity index (χ4v) is 2.97. The smallest absolute Gasteiger partial charge is 0.255 e. The van der Waals surface area contributed by atoms with E-state index in [4.69, 9.17) is 15.2 Å². The summed E-state index contributed by atoms with van der Waals surface area (Å²) >= 11 is 0. The van der Waals surface area contributed by atoms with Crippen LogP contribution in [0.15, 0.2) is 29.3 Å². The maximum atomic E-state index is 10.9. The van der Waals surface area contributed by atoms with Crippen LogP contribution < -0.4 is 21.1 Å². The third-order valence-electron chi connectivity index (χ3n) is 4.35. The molecule has 0 bridgehead atoms. The first kappa shape index (κ1) is 26.4. The van der Waals surface area contributed by atoms with Crippen LogP contribution in [0.3, 0.4) is 0 Å². The second-order valence-corrected chi connectivity index (χ2v) is 7.34. The lowest BCUT2D eigenvalue weighted by Crippen LogP contribution is -2.52. The van der Waals surface area contributed by atoms with E-state index in [-0.39, 0.29) is 30.6 Å². The average molecular weight is 535 g/mol. The molecule has 1 aliphatic rings. The number of guanidine groups is 1. The number of nitrogens with one attached hydrogen (secondary N) is 2. The first-order valence-corrected chi connectivity index (χ1v) is 9.92. The standard InChI is InChI=1S/C20H33N5O4.HI/c1-3-22-19(24-14-20(2,27)15-25-7-9-28-10-8-25)23-12-16-5-4-6-17(11-16)29-13-18(21)26;/h4-6,11,27H,3,7-10,12-15H2,1-2H3,(H2,21,26)(H2,22,23,24);1H. The second kappa shape index (κ2) is 13.6. The van der Waals surface area contributed by atoms with Crippen molar-refractivity contribution in [2.75, 3.05) is 52.5 Å². The molecule has 10 heteroatoms. The molecule has 30 heavy (non-hydrogen) atoms. The maximum Gasteiger partial charge on any atom is 0.255 e. The molecule has 1 amide bonds. The Balaban J connectivity index is 0.00000450. The summed E-state index contributed by atoms with van der Waals surface area (Å²) < 4.78 is 10.7. The molecule has 0 aromatic heterocycles. The molecule has 5 N–H and O–H groups in total. The van der Waals surface area contributed by atoms with Crippen molar-refractivity contribution >= 4 is 35.8 Å². The number of hydrogen-bond donors (Lipinski definition) is 4. The van der Waals surface area contributed by atoms with E-state index in [0.717, 1.165) is 18.7 Å². The van der Waals surface area contributed by atoms with E-state index < -0.39 is 11.5 Å². The van der Waals surface area contributed by atoms with Gasteiger partial charge in [0.1, 0.15) is 5.75 Å². The van der Waals surface area contributed by atoms with E-state index >= 15 is 0 Å². The fraction of sp³-hybridized carbons (Fsp3) is 0.600. The Bertz CT molecular complexity index is 681. The zero-order valence-corrected chi connectivity index (χ0v) is 20.1. The molecule has 1 aromatic rings. The van der Waals surface area contributed by atoms with Crippen molar-refractivity contribution in [3.8, 4) is 5.75 Å². The lowest BCUT2D eigenvalue weighted by Gasteiger charge is -2.34. The lowest BCUT2D eigenvalue weighted by molar-refractivity contribution is -0.119. The van der Waals surface area contributed by atoms with Gasteiger partial charge in [0.15, 0.2) is 12.6 Å². The first-order valence-electron chi connectivity index (χ1n) is 9.92. The number of ether oxygens (including phenoxy) is 2. The lowest BCUT2D eigenvalue weighted by atomic mass is 10.1. The Hall–Kier alpha value is -1.63. The minimum absolute atomic E-state index is 0. The normalized spacial score (nSPS) is 16.8. The van der Waals surface area contributed by atoms with Gasteiger partial charge in [-0.2, -0.15) is 0 Å². The van der Waals surface area contributed by atoms with Crippen molar-refractivity contribution in [2.24, 2.45) is 10.7 Å². The van der Waals surface area contributed by atoms with Crippen molar-refractivity contribution in [2.45, 2.75) is 26.0 Å². The first-order chi connectivity index (χ1) is 13.9. The number of rotatable bonds is 10. The van der Waals surface area contributed by atoms with Gasteiger partial charge >= 0.3 is 0 Å². The summed E-state index contributed by atoms with van der Waals surface area (Å²) in [5.74, 6) is 0.678. The topological polar surface area (TPSA) is 121 Å². The number of carbonyl (C=O) groups excluding carboxylic acids is 1. The molecule has 0 saturated carbocycles. The van der Waals surface area contributed by atoms with Gasteiger partial charge in [0, 0.05) is 32.7 Å². The van der Waals surface area contributed by atoms with Crippen molar-refractivity contribution in [1.29, 1.82) is 0 Å². The molecular formula is C20H34IN5O4. The highest BCUT2D eigenvalue weighted by Crippen LogP contribution is 2.14. The van der Waals surface area contributed by atoms with Gasteiger partial charge in [-0.1, -0.05) is 12.1 Å². The maximum absolute atomic E-state index is 10.9. The van der Waals surface area contributed by atoms with Crippen LogP contribution in [0, 0.1) is 0 Å². The SMILES string of the molecule is CCNC(=NCc1cccc(OCC(N)=O)c1)NCC(C)(O)CN1CCOCC1.I. The number of nitrogens with two attached hydrogens (primary N) is 1. The number of morpholine rings is 1. The molecule has 0 radical (unpaired) electrons. The number of aliphatic hydroxyl groups is 1. The molecule has 1 unspecified atom stereocenters. The molecule has 0 aliphatic carbocycles. The fourth-order valence-electron chi connectivity index (χ4n) is 2.97. The van der Waals surface area contributed by atoms with Crippen LogP contribution >= 0.6 is 24.0 Å². The van der Waals surface area contributed by atoms with Gasteiger partial charge in [0.05, 0.1) is 25.4 Å². The predicted molar refractivity (Wildman–Crippen MR) is 127 cm³/mol. The number of β-amino-alcohol motifs (C(OH)–C–C–N with tert-alkyl or cyclic N) is 1. The summed E-state index contributed by atoms with van der Waals surface area (Å²) in [6, 6.07) is 7.36. The summed E-state index contributed by atoms with van der Waals surface area (Å²) in [5.41, 5.74) is 5.15. The Kier molecular flexibility index (Phi) is 12.0. The third-order valence-corrected chi connectivity index (χ3v) is 4.35. The van der Waals surface area contributed by atoms with E-state index in [9.17, 15) is 9.90 Å². The van der Waals surface area contributed by atoms with Gasteiger partial charge in [-0.3, -0.25) is 9.69 Å². The molecule has 1 saturated heterocycles. The van der Waals surface area contributed by atoms with Crippen LogP contribution in [0.5, 0.6) is 5.75 Å². The van der Waals surface area contributed by atoms with Gasteiger partial charge in [0.2, 0.25) is 0 Å². The minimum Gasteiger partial charge on any atom is -0.484 e. The van der Waals surface area contributed by atoms with Crippen LogP contribution in [0.25, 0.3) is 0 Å². The Morgan fingerprint density at radius 2 is 2.10 bits per heavy atom. The van der Waals surface area contributed by atoms with Crippen molar-refractivity contribution in [3.63, 3.8) is 0 Å². The van der Waals surface area contributed by atoms with E-state index in [2.05, 4.69) is 20.5 Å². The molecule has 1 fully saturated rings. The van der Waals surface area contributed by atoms with E-state index in [1.54, 1.807) is 6.07 Å². The van der Waals surface area contributed by atoms with Crippen LogP contribution in [-0.2, 0) is 16.1 Å². The molecule has 2 rings (SSSR count). The van der Waals surface area contributed by atoms with Gasteiger partial charge in [0.25, 0.3) is 5.91 Å². The number of primary amides is 1. The monoisotopic (exact) mass is 535 g/mol. The molecule has 170 valence electrons. The number of amides is 1. The third kappa shape index (κ3) is 10.4. The number of benzene rings is 1. The van der Waals surface area contributed by atoms with E-state index in [1.165, 1.54) is 0 Å². The summed E-state index contributed by atoms with van der Waals surface area (Å²) in [4.78, 5) is 17.6. The minimum atomic E-state index is -0.893. The molecule has 9 nitrogen and oxygen atoms in total. The van der Waals surface area contributed by atoms with E-state index in [0.29, 0.717) is 51.1 Å². The molecule has 0 spiro atoms. The molecule has 1 atom stereocenters. The molecular weight excluding hydrogens is 501 g/mol. The summed E-state index contributed by atoms with van der Waals surface area (Å²) in [5, 5.41) is 17.1. The van der Waals surface area contributed by atoms with Crippen LogP contribution in [0.1, 0.15) is 19.4 Å². The van der Waals surface area contributed by atoms with Gasteiger partial charge in [-0.05, 0) is 31.5 Å². The summed E-state index contributed by atoms with van der Waals surface area (Å²) in [6.45, 7) is 8.80. The molecule has 1 aliphatic heterocycles. The van der Waals surface area contributed by atoms with E-state index in [1.807, 2.05) is 32.0 Å². The quantitative estimate of drug-likeness (QED) is 0.193. The Morgan fingerprint density at radius 3 is 2.77 bits per heavy atom. The average Bonchev–Trinajstić information content (AvgIpc) is 2.69. The zero-order chi connectivity index (χ0) is 21.1. The van der Waals surface area contributed by atoms with Crippen LogP contribution in [0.2, 0.25) is 0 Å². The van der Waals surface area contributed by atoms with Gasteiger partial charge in [-0.15, -0.1) is 24.0 Å².